The van der Waals surface area contributed by atoms with E-state index in [9.17, 15) is 18.0 Å². The third-order valence-corrected chi connectivity index (χ3v) is 3.98. The second kappa shape index (κ2) is 7.40. The fourth-order valence-electron chi connectivity index (χ4n) is 2.33. The molecule has 0 atom stereocenters. The number of alkyl halides is 3. The van der Waals surface area contributed by atoms with E-state index in [-0.39, 0.29) is 23.6 Å². The molecule has 2 heterocycles. The maximum atomic E-state index is 12.6. The predicted molar refractivity (Wildman–Crippen MR) is 90.0 cm³/mol. The van der Waals surface area contributed by atoms with Gasteiger partial charge in [-0.25, -0.2) is 9.78 Å². The highest BCUT2D eigenvalue weighted by Gasteiger charge is 2.33. The monoisotopic (exact) mass is 396 g/mol. The van der Waals surface area contributed by atoms with Gasteiger partial charge in [0, 0.05) is 11.6 Å². The second-order valence-electron chi connectivity index (χ2n) is 5.56. The van der Waals surface area contributed by atoms with Gasteiger partial charge in [0.1, 0.15) is 11.4 Å². The van der Waals surface area contributed by atoms with Crippen LogP contribution in [0.15, 0.2) is 47.0 Å². The quantitative estimate of drug-likeness (QED) is 0.576. The third-order valence-electron chi connectivity index (χ3n) is 3.65. The number of benzene rings is 1. The van der Waals surface area contributed by atoms with Gasteiger partial charge in [-0.15, -0.1) is 0 Å². The summed E-state index contributed by atoms with van der Waals surface area (Å²) in [5.74, 6) is -0.555. The van der Waals surface area contributed by atoms with Crippen molar-refractivity contribution in [3.63, 3.8) is 0 Å². The number of aromatic nitrogens is 2. The number of halogens is 4. The van der Waals surface area contributed by atoms with Crippen molar-refractivity contribution >= 4 is 17.6 Å². The van der Waals surface area contributed by atoms with E-state index in [1.54, 1.807) is 30.3 Å². The lowest BCUT2D eigenvalue weighted by atomic mass is 10.1. The molecule has 9 heteroatoms. The summed E-state index contributed by atoms with van der Waals surface area (Å²) in [5.41, 5.74) is -0.0866. The first kappa shape index (κ1) is 18.9. The summed E-state index contributed by atoms with van der Waals surface area (Å²) in [6, 6.07) is 10.3. The Morgan fingerprint density at radius 2 is 1.96 bits per heavy atom. The number of rotatable bonds is 4. The predicted octanol–water partition coefficient (Wildman–Crippen LogP) is 5.07. The Balaban J connectivity index is 1.69. The fourth-order valence-corrected chi connectivity index (χ4v) is 2.56. The van der Waals surface area contributed by atoms with Crippen molar-refractivity contribution in [3.05, 3.63) is 70.2 Å². The average Bonchev–Trinajstić information content (AvgIpc) is 3.08. The summed E-state index contributed by atoms with van der Waals surface area (Å²) in [7, 11) is 0. The topological polar surface area (TPSA) is 65.2 Å². The van der Waals surface area contributed by atoms with Crippen LogP contribution < -0.4 is 0 Å². The summed E-state index contributed by atoms with van der Waals surface area (Å²) in [4.78, 5) is 15.5. The standard InChI is InChI=1S/C18H12ClF3N2O3/c1-10-12(6-7-16(23-10)18(20,21)22)17(25)26-9-11-8-15(24-27-11)13-4-2-3-5-14(13)19/h2-8H,9H2,1H3. The van der Waals surface area contributed by atoms with Crippen LogP contribution in [0.5, 0.6) is 0 Å². The molecule has 5 nitrogen and oxygen atoms in total. The van der Waals surface area contributed by atoms with E-state index in [0.29, 0.717) is 16.3 Å². The van der Waals surface area contributed by atoms with Gasteiger partial charge in [0.15, 0.2) is 12.4 Å². The van der Waals surface area contributed by atoms with Crippen molar-refractivity contribution in [3.8, 4) is 11.3 Å². The molecule has 0 fully saturated rings. The van der Waals surface area contributed by atoms with Crippen LogP contribution in [0.4, 0.5) is 13.2 Å². The van der Waals surface area contributed by atoms with Gasteiger partial charge in [0.05, 0.1) is 16.3 Å². The molecule has 0 bridgehead atoms. The van der Waals surface area contributed by atoms with E-state index < -0.39 is 17.8 Å². The molecule has 0 saturated carbocycles. The van der Waals surface area contributed by atoms with Crippen LogP contribution in [0, 0.1) is 6.92 Å². The van der Waals surface area contributed by atoms with Crippen LogP contribution >= 0.6 is 11.6 Å². The van der Waals surface area contributed by atoms with E-state index in [2.05, 4.69) is 10.1 Å². The summed E-state index contributed by atoms with van der Waals surface area (Å²) >= 11 is 6.08. The Labute approximate surface area is 156 Å². The highest BCUT2D eigenvalue weighted by Crippen LogP contribution is 2.29. The zero-order valence-corrected chi connectivity index (χ0v) is 14.6. The Kier molecular flexibility index (Phi) is 5.18. The Hall–Kier alpha value is -2.87. The van der Waals surface area contributed by atoms with Crippen molar-refractivity contribution in [1.29, 1.82) is 0 Å². The van der Waals surface area contributed by atoms with Crippen molar-refractivity contribution in [2.45, 2.75) is 19.7 Å². The Morgan fingerprint density at radius 1 is 1.22 bits per heavy atom. The summed E-state index contributed by atoms with van der Waals surface area (Å²) in [5, 5.41) is 4.35. The van der Waals surface area contributed by atoms with Gasteiger partial charge >= 0.3 is 12.1 Å². The molecule has 0 N–H and O–H groups in total. The zero-order valence-electron chi connectivity index (χ0n) is 13.9. The van der Waals surface area contributed by atoms with Crippen molar-refractivity contribution in [2.75, 3.05) is 0 Å². The maximum absolute atomic E-state index is 12.6. The molecule has 140 valence electrons. The molecule has 0 saturated heterocycles. The average molecular weight is 397 g/mol. The number of nitrogens with zero attached hydrogens (tertiary/aromatic N) is 2. The number of pyridine rings is 1. The van der Waals surface area contributed by atoms with Crippen molar-refractivity contribution < 1.29 is 27.2 Å². The smallest absolute Gasteiger partial charge is 0.433 e. The van der Waals surface area contributed by atoms with Crippen molar-refractivity contribution in [1.82, 2.24) is 10.1 Å². The fraction of sp³-hybridized carbons (Fsp3) is 0.167. The molecule has 0 aliphatic rings. The molecule has 2 aromatic heterocycles. The molecular formula is C18H12ClF3N2O3. The molecule has 0 aliphatic heterocycles. The number of hydrogen-bond donors (Lipinski definition) is 0. The number of aryl methyl sites for hydroxylation is 1. The highest BCUT2D eigenvalue weighted by atomic mass is 35.5. The molecule has 27 heavy (non-hydrogen) atoms. The van der Waals surface area contributed by atoms with Gasteiger partial charge in [0.25, 0.3) is 0 Å². The minimum absolute atomic E-state index is 0.0613. The number of ether oxygens (including phenoxy) is 1. The minimum atomic E-state index is -4.58. The third kappa shape index (κ3) is 4.28. The zero-order chi connectivity index (χ0) is 19.6. The van der Waals surface area contributed by atoms with E-state index >= 15 is 0 Å². The number of carbonyl (C=O) groups is 1. The molecule has 0 aliphatic carbocycles. The largest absolute Gasteiger partial charge is 0.454 e. The van der Waals surface area contributed by atoms with Gasteiger partial charge < -0.3 is 9.26 Å². The van der Waals surface area contributed by atoms with E-state index in [1.807, 2.05) is 0 Å². The van der Waals surface area contributed by atoms with E-state index in [1.165, 1.54) is 6.92 Å². The van der Waals surface area contributed by atoms with Gasteiger partial charge in [-0.3, -0.25) is 0 Å². The van der Waals surface area contributed by atoms with E-state index in [4.69, 9.17) is 20.9 Å². The Morgan fingerprint density at radius 3 is 2.63 bits per heavy atom. The lowest BCUT2D eigenvalue weighted by molar-refractivity contribution is -0.141. The molecule has 3 rings (SSSR count). The molecule has 0 amide bonds. The Bertz CT molecular complexity index is 986. The minimum Gasteiger partial charge on any atom is -0.454 e. The second-order valence-corrected chi connectivity index (χ2v) is 5.97. The molecule has 1 aromatic carbocycles. The first-order chi connectivity index (χ1) is 12.8. The normalized spacial score (nSPS) is 11.4. The van der Waals surface area contributed by atoms with E-state index in [0.717, 1.165) is 12.1 Å². The van der Waals surface area contributed by atoms with Crippen LogP contribution in [0.1, 0.15) is 27.5 Å². The number of carbonyl (C=O) groups excluding carboxylic acids is 1. The summed E-state index contributed by atoms with van der Waals surface area (Å²) in [6.45, 7) is 1.06. The molecule has 0 radical (unpaired) electrons. The van der Waals surface area contributed by atoms with Crippen LogP contribution in [-0.4, -0.2) is 16.1 Å². The van der Waals surface area contributed by atoms with Gasteiger partial charge in [-0.1, -0.05) is 35.0 Å². The first-order valence-corrected chi connectivity index (χ1v) is 8.06. The van der Waals surface area contributed by atoms with Crippen LogP contribution in [0.2, 0.25) is 5.02 Å². The SMILES string of the molecule is Cc1nc(C(F)(F)F)ccc1C(=O)OCc1cc(-c2ccccc2Cl)no1. The maximum Gasteiger partial charge on any atom is 0.433 e. The van der Waals surface area contributed by atoms with Crippen LogP contribution in [0.3, 0.4) is 0 Å². The van der Waals surface area contributed by atoms with Gasteiger partial charge in [0.2, 0.25) is 0 Å². The van der Waals surface area contributed by atoms with Gasteiger partial charge in [-0.05, 0) is 25.1 Å². The summed E-state index contributed by atoms with van der Waals surface area (Å²) < 4.78 is 48.1. The van der Waals surface area contributed by atoms with Crippen LogP contribution in [0.25, 0.3) is 11.3 Å². The molecular weight excluding hydrogens is 385 g/mol. The lowest BCUT2D eigenvalue weighted by Gasteiger charge is -2.09. The first-order valence-electron chi connectivity index (χ1n) is 7.68. The molecule has 0 spiro atoms. The van der Waals surface area contributed by atoms with Crippen molar-refractivity contribution in [2.24, 2.45) is 0 Å². The molecule has 3 aromatic rings. The number of hydrogen-bond acceptors (Lipinski definition) is 5. The summed E-state index contributed by atoms with van der Waals surface area (Å²) in [6.07, 6.45) is -4.58. The van der Waals surface area contributed by atoms with Crippen LogP contribution in [-0.2, 0) is 17.5 Å². The van der Waals surface area contributed by atoms with Gasteiger partial charge in [-0.2, -0.15) is 13.2 Å². The number of esters is 1. The highest BCUT2D eigenvalue weighted by molar-refractivity contribution is 6.33. The molecule has 0 unspecified atom stereocenters. The lowest BCUT2D eigenvalue weighted by Crippen LogP contribution is -2.13.